The Kier molecular flexibility index (Phi) is 9.29. The van der Waals surface area contributed by atoms with Crippen molar-refractivity contribution in [1.82, 2.24) is 10.6 Å². The Balaban J connectivity index is 1.28. The normalized spacial score (nSPS) is 14.5. The van der Waals surface area contributed by atoms with E-state index in [1.807, 2.05) is 103 Å². The fourth-order valence-corrected chi connectivity index (χ4v) is 5.18. The number of hydrogen-bond donors (Lipinski definition) is 2. The van der Waals surface area contributed by atoms with E-state index in [2.05, 4.69) is 10.6 Å². The van der Waals surface area contributed by atoms with Crippen molar-refractivity contribution in [3.63, 3.8) is 0 Å². The van der Waals surface area contributed by atoms with E-state index < -0.39 is 12.1 Å². The van der Waals surface area contributed by atoms with Crippen molar-refractivity contribution in [2.45, 2.75) is 51.9 Å². The van der Waals surface area contributed by atoms with Crippen LogP contribution in [0.15, 0.2) is 103 Å². The lowest BCUT2D eigenvalue weighted by atomic mass is 9.98. The minimum Gasteiger partial charge on any atom is -0.445 e. The number of para-hydroxylation sites is 1. The third kappa shape index (κ3) is 7.04. The van der Waals surface area contributed by atoms with Gasteiger partial charge in [-0.05, 0) is 52.3 Å². The summed E-state index contributed by atoms with van der Waals surface area (Å²) in [6.45, 7) is 2.72. The van der Waals surface area contributed by atoms with E-state index in [9.17, 15) is 14.4 Å². The zero-order valence-electron chi connectivity index (χ0n) is 23.7. The molecule has 0 fully saturated rings. The van der Waals surface area contributed by atoms with Crippen LogP contribution >= 0.6 is 0 Å². The van der Waals surface area contributed by atoms with Gasteiger partial charge in [-0.25, -0.2) is 4.79 Å². The number of ether oxygens (including phenoxy) is 1. The number of aryl methyl sites for hydroxylation is 1. The fraction of sp³-hybridized carbons (Fsp3) is 0.229. The second-order valence-electron chi connectivity index (χ2n) is 10.3. The van der Waals surface area contributed by atoms with E-state index in [4.69, 9.17) is 4.74 Å². The maximum absolute atomic E-state index is 13.6. The van der Waals surface area contributed by atoms with Crippen molar-refractivity contribution in [1.29, 1.82) is 0 Å². The zero-order chi connectivity index (χ0) is 29.3. The SMILES string of the molecule is CCC(=O)N[C@@H]1CCc2ccccc2N(Cc2ccc(-c3ccccc3CNC(=O)OCc3ccccc3)cc2)C1=O. The quantitative estimate of drug-likeness (QED) is 0.256. The minimum atomic E-state index is -0.553. The molecule has 0 spiro atoms. The van der Waals surface area contributed by atoms with Gasteiger partial charge in [-0.3, -0.25) is 9.59 Å². The van der Waals surface area contributed by atoms with Crippen LogP contribution in [0.3, 0.4) is 0 Å². The molecule has 3 amide bonds. The van der Waals surface area contributed by atoms with Crippen LogP contribution in [0.2, 0.25) is 0 Å². The van der Waals surface area contributed by atoms with Gasteiger partial charge in [-0.1, -0.05) is 104 Å². The summed E-state index contributed by atoms with van der Waals surface area (Å²) in [4.78, 5) is 39.9. The second-order valence-corrected chi connectivity index (χ2v) is 10.3. The fourth-order valence-electron chi connectivity index (χ4n) is 5.18. The molecule has 1 aliphatic heterocycles. The Hall–Kier alpha value is -4.91. The summed E-state index contributed by atoms with van der Waals surface area (Å²) in [6.07, 6.45) is 1.15. The number of amides is 3. The summed E-state index contributed by atoms with van der Waals surface area (Å²) in [5.41, 5.74) is 6.86. The van der Waals surface area contributed by atoms with Crippen molar-refractivity contribution in [2.24, 2.45) is 0 Å². The van der Waals surface area contributed by atoms with Gasteiger partial charge in [-0.2, -0.15) is 0 Å². The molecule has 0 aliphatic carbocycles. The third-order valence-corrected chi connectivity index (χ3v) is 7.46. The molecule has 1 atom stereocenters. The summed E-state index contributed by atoms with van der Waals surface area (Å²) in [6, 6.07) is 33.0. The number of anilines is 1. The molecule has 1 aliphatic rings. The number of carbonyl (C=O) groups is 3. The number of alkyl carbamates (subject to hydrolysis) is 1. The Morgan fingerprint density at radius 2 is 1.57 bits per heavy atom. The van der Waals surface area contributed by atoms with Crippen LogP contribution in [-0.4, -0.2) is 23.9 Å². The van der Waals surface area contributed by atoms with Crippen molar-refractivity contribution in [2.75, 3.05) is 4.90 Å². The van der Waals surface area contributed by atoms with Gasteiger partial charge in [-0.15, -0.1) is 0 Å². The van der Waals surface area contributed by atoms with Crippen LogP contribution in [0.25, 0.3) is 11.1 Å². The molecule has 1 heterocycles. The van der Waals surface area contributed by atoms with E-state index in [0.717, 1.165) is 45.5 Å². The Bertz CT molecular complexity index is 1540. The first-order valence-corrected chi connectivity index (χ1v) is 14.3. The van der Waals surface area contributed by atoms with E-state index in [-0.39, 0.29) is 18.4 Å². The molecular formula is C35H35N3O4. The van der Waals surface area contributed by atoms with Gasteiger partial charge in [0.2, 0.25) is 11.8 Å². The molecular weight excluding hydrogens is 526 g/mol. The highest BCUT2D eigenvalue weighted by atomic mass is 16.5. The lowest BCUT2D eigenvalue weighted by molar-refractivity contribution is -0.127. The Morgan fingerprint density at radius 1 is 0.857 bits per heavy atom. The van der Waals surface area contributed by atoms with E-state index >= 15 is 0 Å². The maximum Gasteiger partial charge on any atom is 0.407 e. The minimum absolute atomic E-state index is 0.0959. The Morgan fingerprint density at radius 3 is 2.36 bits per heavy atom. The number of carbonyl (C=O) groups excluding carboxylic acids is 3. The summed E-state index contributed by atoms with van der Waals surface area (Å²) >= 11 is 0. The number of fused-ring (bicyclic) bond motifs is 1. The van der Waals surface area contributed by atoms with Gasteiger partial charge in [0.05, 0.1) is 6.54 Å². The first kappa shape index (κ1) is 28.6. The standard InChI is InChI=1S/C35H35N3O4/c1-2-33(39)37-31-21-20-28-12-7-9-15-32(28)38(34(31)40)23-25-16-18-27(19-17-25)30-14-8-6-13-29(30)22-36-35(41)42-24-26-10-4-3-5-11-26/h3-19,31H,2,20-24H2,1H3,(H,36,41)(H,37,39)/t31-/m1/s1. The molecule has 7 heteroatoms. The average molecular weight is 562 g/mol. The molecule has 2 N–H and O–H groups in total. The third-order valence-electron chi connectivity index (χ3n) is 7.46. The molecule has 0 saturated heterocycles. The second kappa shape index (κ2) is 13.6. The summed E-state index contributed by atoms with van der Waals surface area (Å²) in [5, 5.41) is 5.76. The topological polar surface area (TPSA) is 87.7 Å². The van der Waals surface area contributed by atoms with Crippen LogP contribution in [-0.2, 0) is 40.4 Å². The number of hydrogen-bond acceptors (Lipinski definition) is 4. The van der Waals surface area contributed by atoms with Gasteiger partial charge in [0.15, 0.2) is 0 Å². The van der Waals surface area contributed by atoms with Gasteiger partial charge in [0.1, 0.15) is 12.6 Å². The molecule has 4 aromatic carbocycles. The van der Waals surface area contributed by atoms with E-state index in [0.29, 0.717) is 25.9 Å². The predicted octanol–water partition coefficient (Wildman–Crippen LogP) is 6.15. The maximum atomic E-state index is 13.6. The number of rotatable bonds is 9. The molecule has 42 heavy (non-hydrogen) atoms. The molecule has 0 radical (unpaired) electrons. The predicted molar refractivity (Wildman–Crippen MR) is 164 cm³/mol. The van der Waals surface area contributed by atoms with Gasteiger partial charge in [0.25, 0.3) is 0 Å². The molecule has 0 unspecified atom stereocenters. The summed E-state index contributed by atoms with van der Waals surface area (Å²) in [5.74, 6) is -0.220. The van der Waals surface area contributed by atoms with Crippen molar-refractivity contribution in [3.05, 3.63) is 125 Å². The van der Waals surface area contributed by atoms with Gasteiger partial charge < -0.3 is 20.3 Å². The monoisotopic (exact) mass is 561 g/mol. The summed E-state index contributed by atoms with van der Waals surface area (Å²) < 4.78 is 5.36. The van der Waals surface area contributed by atoms with Gasteiger partial charge >= 0.3 is 6.09 Å². The largest absolute Gasteiger partial charge is 0.445 e. The lowest BCUT2D eigenvalue weighted by Crippen LogP contribution is -2.47. The molecule has 4 aromatic rings. The van der Waals surface area contributed by atoms with Crippen LogP contribution in [0.1, 0.15) is 42.0 Å². The molecule has 0 bridgehead atoms. The summed E-state index contributed by atoms with van der Waals surface area (Å²) in [7, 11) is 0. The average Bonchev–Trinajstić information content (AvgIpc) is 3.16. The highest BCUT2D eigenvalue weighted by Gasteiger charge is 2.31. The Labute approximate surface area is 246 Å². The van der Waals surface area contributed by atoms with Crippen LogP contribution in [0.5, 0.6) is 0 Å². The lowest BCUT2D eigenvalue weighted by Gasteiger charge is -2.26. The number of nitrogens with zero attached hydrogens (tertiary/aromatic N) is 1. The highest BCUT2D eigenvalue weighted by molar-refractivity contribution is 6.00. The first-order chi connectivity index (χ1) is 20.5. The van der Waals surface area contributed by atoms with E-state index in [1.54, 1.807) is 11.8 Å². The molecule has 0 saturated carbocycles. The first-order valence-electron chi connectivity index (χ1n) is 14.3. The van der Waals surface area contributed by atoms with Crippen LogP contribution in [0.4, 0.5) is 10.5 Å². The molecule has 214 valence electrons. The van der Waals surface area contributed by atoms with Crippen LogP contribution in [0, 0.1) is 0 Å². The number of nitrogens with one attached hydrogen (secondary N) is 2. The van der Waals surface area contributed by atoms with Gasteiger partial charge in [0, 0.05) is 18.7 Å². The van der Waals surface area contributed by atoms with E-state index in [1.165, 1.54) is 0 Å². The highest BCUT2D eigenvalue weighted by Crippen LogP contribution is 2.30. The van der Waals surface area contributed by atoms with Crippen molar-refractivity contribution >= 4 is 23.6 Å². The van der Waals surface area contributed by atoms with Crippen molar-refractivity contribution < 1.29 is 19.1 Å². The van der Waals surface area contributed by atoms with Crippen molar-refractivity contribution in [3.8, 4) is 11.1 Å². The molecule has 5 rings (SSSR count). The smallest absolute Gasteiger partial charge is 0.407 e. The number of benzene rings is 4. The van der Waals surface area contributed by atoms with Crippen LogP contribution < -0.4 is 15.5 Å². The molecule has 0 aromatic heterocycles. The molecule has 7 nitrogen and oxygen atoms in total. The zero-order valence-corrected chi connectivity index (χ0v) is 23.7.